The third kappa shape index (κ3) is 8.15. The lowest BCUT2D eigenvalue weighted by Gasteiger charge is -2.30. The number of hydrogen-bond acceptors (Lipinski definition) is 11. The maximum Gasteiger partial charge on any atom is 0.459 e. The van der Waals surface area contributed by atoms with Crippen molar-refractivity contribution in [2.24, 2.45) is 11.3 Å². The number of carbonyl (C=O) groups excluding carboxylic acids is 1. The minimum Gasteiger partial charge on any atom is -0.464 e. The summed E-state index contributed by atoms with van der Waals surface area (Å²) >= 11 is 0. The smallest absolute Gasteiger partial charge is 0.459 e. The summed E-state index contributed by atoms with van der Waals surface area (Å²) in [7, 11) is -4.21. The van der Waals surface area contributed by atoms with Crippen LogP contribution in [0, 0.1) is 11.3 Å². The number of nitrogen functional groups attached to an aromatic ring is 1. The van der Waals surface area contributed by atoms with Gasteiger partial charge in [-0.3, -0.25) is 13.9 Å². The molecule has 3 rings (SSSR count). The van der Waals surface area contributed by atoms with Gasteiger partial charge >= 0.3 is 19.4 Å². The highest BCUT2D eigenvalue weighted by molar-refractivity contribution is 7.52. The van der Waals surface area contributed by atoms with Gasteiger partial charge in [-0.15, -0.1) is 0 Å². The van der Waals surface area contributed by atoms with Crippen LogP contribution in [0.4, 0.5) is 5.82 Å². The number of nitrogens with zero attached hydrogens (tertiary/aromatic N) is 2. The molecule has 0 spiro atoms. The van der Waals surface area contributed by atoms with Crippen molar-refractivity contribution < 1.29 is 38.1 Å². The number of ether oxygens (including phenoxy) is 2. The number of para-hydroxylation sites is 1. The molecule has 1 aromatic carbocycles. The van der Waals surface area contributed by atoms with Crippen molar-refractivity contribution >= 4 is 19.5 Å². The van der Waals surface area contributed by atoms with Crippen molar-refractivity contribution in [2.75, 3.05) is 18.9 Å². The predicted molar refractivity (Wildman–Crippen MR) is 151 cm³/mol. The minimum atomic E-state index is -4.21. The van der Waals surface area contributed by atoms with Crippen LogP contribution in [0.5, 0.6) is 5.75 Å². The molecule has 1 aliphatic heterocycles. The molecule has 0 bridgehead atoms. The highest BCUT2D eigenvalue weighted by atomic mass is 31.2. The predicted octanol–water partition coefficient (Wildman–Crippen LogP) is 2.63. The first-order chi connectivity index (χ1) is 19.1. The first kappa shape index (κ1) is 32.7. The SMILES string of the molecule is CC[C@H](C)[C@@H](COC(=O)C(C)(C)C)NP(=O)(OC[C@H]1OC(n2ccc(N)nc2=O)[C@](C)(O)[C@@H]1O)Oc1ccccc1. The van der Waals surface area contributed by atoms with Crippen LogP contribution < -0.4 is 21.0 Å². The number of anilines is 1. The Labute approximate surface area is 239 Å². The molecular weight excluding hydrogens is 555 g/mol. The van der Waals surface area contributed by atoms with Gasteiger partial charge in [-0.1, -0.05) is 38.5 Å². The van der Waals surface area contributed by atoms with Crippen molar-refractivity contribution in [3.63, 3.8) is 0 Å². The number of rotatable bonds is 12. The first-order valence-electron chi connectivity index (χ1n) is 13.4. The van der Waals surface area contributed by atoms with Gasteiger partial charge in [-0.2, -0.15) is 4.98 Å². The number of hydrogen-bond donors (Lipinski definition) is 4. The largest absolute Gasteiger partial charge is 0.464 e. The van der Waals surface area contributed by atoms with Crippen LogP contribution in [0.1, 0.15) is 54.2 Å². The molecule has 1 fully saturated rings. The quantitative estimate of drug-likeness (QED) is 0.208. The van der Waals surface area contributed by atoms with Gasteiger partial charge < -0.3 is 29.9 Å². The molecule has 5 N–H and O–H groups in total. The Bertz CT molecular complexity index is 1280. The number of esters is 1. The Morgan fingerprint density at radius 3 is 2.54 bits per heavy atom. The van der Waals surface area contributed by atoms with Crippen molar-refractivity contribution in [3.8, 4) is 5.75 Å². The molecule has 2 unspecified atom stereocenters. The standard InChI is InChI=1S/C27H41N4O9P/c1-7-17(2)19(15-37-24(33)26(3,4)5)30-41(36,40-18-11-9-8-10-12-18)38-16-20-22(32)27(6,35)23(39-20)31-14-13-21(28)29-25(31)34/h8-14,17,19-20,22-23,32,35H,7,15-16H2,1-6H3,(H,30,36)(H2,28,29,34)/t17-,19+,20+,22+,23?,27+,41?/m0/s1. The minimum absolute atomic E-state index is 0.0153. The normalized spacial score (nSPS) is 25.7. The van der Waals surface area contributed by atoms with Crippen molar-refractivity contribution in [2.45, 2.75) is 78.0 Å². The number of nitrogens with two attached hydrogens (primary N) is 1. The third-order valence-electron chi connectivity index (χ3n) is 6.90. The van der Waals surface area contributed by atoms with Crippen molar-refractivity contribution in [3.05, 3.63) is 53.1 Å². The lowest BCUT2D eigenvalue weighted by Crippen LogP contribution is -2.46. The second-order valence-corrected chi connectivity index (χ2v) is 13.1. The molecule has 2 heterocycles. The van der Waals surface area contributed by atoms with Crippen molar-refractivity contribution in [1.82, 2.24) is 14.6 Å². The highest BCUT2D eigenvalue weighted by Crippen LogP contribution is 2.47. The van der Waals surface area contributed by atoms with Gasteiger partial charge in [-0.05, 0) is 51.8 Å². The van der Waals surface area contributed by atoms with E-state index in [2.05, 4.69) is 10.1 Å². The number of nitrogens with one attached hydrogen (secondary N) is 1. The summed E-state index contributed by atoms with van der Waals surface area (Å²) in [6, 6.07) is 9.08. The molecular formula is C27H41N4O9P. The molecule has 0 saturated carbocycles. The fourth-order valence-electron chi connectivity index (χ4n) is 4.06. The van der Waals surface area contributed by atoms with Gasteiger partial charge in [0.25, 0.3) is 0 Å². The number of aliphatic hydroxyl groups is 2. The summed E-state index contributed by atoms with van der Waals surface area (Å²) in [5.74, 6) is -0.300. The zero-order valence-electron chi connectivity index (χ0n) is 24.2. The van der Waals surface area contributed by atoms with Crippen molar-refractivity contribution in [1.29, 1.82) is 0 Å². The number of carbonyl (C=O) groups is 1. The molecule has 1 saturated heterocycles. The van der Waals surface area contributed by atoms with E-state index in [1.165, 1.54) is 19.2 Å². The molecule has 13 nitrogen and oxygen atoms in total. The number of benzene rings is 1. The topological polar surface area (TPSA) is 184 Å². The van der Waals surface area contributed by atoms with Gasteiger partial charge in [-0.25, -0.2) is 14.4 Å². The van der Waals surface area contributed by atoms with Crippen LogP contribution in [-0.4, -0.2) is 62.8 Å². The van der Waals surface area contributed by atoms with E-state index >= 15 is 0 Å². The van der Waals surface area contributed by atoms with Gasteiger partial charge in [0.05, 0.1) is 18.1 Å². The van der Waals surface area contributed by atoms with E-state index in [1.807, 2.05) is 13.8 Å². The van der Waals surface area contributed by atoms with E-state index in [0.29, 0.717) is 6.42 Å². The monoisotopic (exact) mass is 596 g/mol. The van der Waals surface area contributed by atoms with E-state index in [0.717, 1.165) is 4.57 Å². The van der Waals surface area contributed by atoms with E-state index in [-0.39, 0.29) is 24.1 Å². The van der Waals surface area contributed by atoms with Crippen LogP contribution >= 0.6 is 7.75 Å². The summed E-state index contributed by atoms with van der Waals surface area (Å²) in [6.45, 7) is 9.75. The Balaban J connectivity index is 1.83. The summed E-state index contributed by atoms with van der Waals surface area (Å²) < 4.78 is 38.0. The second kappa shape index (κ2) is 13.0. The molecule has 41 heavy (non-hydrogen) atoms. The van der Waals surface area contributed by atoms with Crippen LogP contribution in [0.2, 0.25) is 0 Å². The molecule has 0 amide bonds. The van der Waals surface area contributed by atoms with E-state index in [4.69, 9.17) is 24.3 Å². The summed E-state index contributed by atoms with van der Waals surface area (Å²) in [5, 5.41) is 24.8. The zero-order chi connectivity index (χ0) is 30.6. The molecule has 2 aromatic rings. The van der Waals surface area contributed by atoms with Gasteiger partial charge in [0.15, 0.2) is 6.23 Å². The van der Waals surface area contributed by atoms with Gasteiger partial charge in [0.1, 0.15) is 36.0 Å². The summed E-state index contributed by atoms with van der Waals surface area (Å²) in [5.41, 5.74) is 2.11. The van der Waals surface area contributed by atoms with Gasteiger partial charge in [0.2, 0.25) is 0 Å². The van der Waals surface area contributed by atoms with Crippen LogP contribution in [0.3, 0.4) is 0 Å². The summed E-state index contributed by atoms with van der Waals surface area (Å²) in [4.78, 5) is 28.5. The highest BCUT2D eigenvalue weighted by Gasteiger charge is 2.54. The van der Waals surface area contributed by atoms with E-state index in [9.17, 15) is 24.4 Å². The van der Waals surface area contributed by atoms with E-state index in [1.54, 1.807) is 51.1 Å². The number of aromatic nitrogens is 2. The maximum absolute atomic E-state index is 14.1. The average Bonchev–Trinajstić information content (AvgIpc) is 3.12. The lowest BCUT2D eigenvalue weighted by molar-refractivity contribution is -0.154. The third-order valence-corrected chi connectivity index (χ3v) is 8.49. The second-order valence-electron chi connectivity index (χ2n) is 11.4. The molecule has 228 valence electrons. The Kier molecular flexibility index (Phi) is 10.4. The Morgan fingerprint density at radius 2 is 1.95 bits per heavy atom. The zero-order valence-corrected chi connectivity index (χ0v) is 25.1. The Morgan fingerprint density at radius 1 is 1.29 bits per heavy atom. The molecule has 0 radical (unpaired) electrons. The fourth-order valence-corrected chi connectivity index (χ4v) is 5.72. The molecule has 1 aromatic heterocycles. The number of aliphatic hydroxyl groups excluding tert-OH is 1. The van der Waals surface area contributed by atoms with Gasteiger partial charge in [0, 0.05) is 6.20 Å². The molecule has 0 aliphatic carbocycles. The average molecular weight is 597 g/mol. The molecule has 7 atom stereocenters. The summed E-state index contributed by atoms with van der Waals surface area (Å²) in [6.07, 6.45) is -2.14. The fraction of sp³-hybridized carbons (Fsp3) is 0.593. The first-order valence-corrected chi connectivity index (χ1v) is 15.0. The lowest BCUT2D eigenvalue weighted by atomic mass is 9.96. The molecule has 1 aliphatic rings. The van der Waals surface area contributed by atoms with Crippen LogP contribution in [-0.2, 0) is 23.4 Å². The maximum atomic E-state index is 14.1. The van der Waals surface area contributed by atoms with Crippen LogP contribution in [0.25, 0.3) is 0 Å². The van der Waals surface area contributed by atoms with Crippen LogP contribution in [0.15, 0.2) is 47.4 Å². The van der Waals surface area contributed by atoms with E-state index < -0.39 is 61.5 Å². The Hall–Kier alpha value is -2.80. The molecule has 14 heteroatoms.